The van der Waals surface area contributed by atoms with Gasteiger partial charge < -0.3 is 10.5 Å². The Hall–Kier alpha value is -0.910. The summed E-state index contributed by atoms with van der Waals surface area (Å²) in [4.78, 5) is 0. The van der Waals surface area contributed by atoms with E-state index in [9.17, 15) is 4.39 Å². The summed E-state index contributed by atoms with van der Waals surface area (Å²) in [5, 5.41) is 0. The van der Waals surface area contributed by atoms with Gasteiger partial charge in [-0.05, 0) is 57.7 Å². The van der Waals surface area contributed by atoms with Crippen molar-refractivity contribution >= 4 is 31.9 Å². The molecule has 0 aromatic heterocycles. The number of hydrogen-bond donors (Lipinski definition) is 1. The molecule has 106 valence electrons. The molecule has 0 heterocycles. The highest BCUT2D eigenvalue weighted by Gasteiger charge is 2.12. The molecule has 5 heteroatoms. The molecular formula is C15H14Br2FNO. The van der Waals surface area contributed by atoms with Crippen LogP contribution in [0, 0.1) is 5.82 Å². The molecule has 0 bridgehead atoms. The third-order valence-corrected chi connectivity index (χ3v) is 4.17. The first-order valence-corrected chi connectivity index (χ1v) is 7.63. The summed E-state index contributed by atoms with van der Waals surface area (Å²) in [6, 6.07) is 10.4. The predicted molar refractivity (Wildman–Crippen MR) is 85.4 cm³/mol. The first kappa shape index (κ1) is 15.5. The summed E-state index contributed by atoms with van der Waals surface area (Å²) in [6.07, 6.45) is 0.442. The van der Waals surface area contributed by atoms with Crippen molar-refractivity contribution in [3.8, 4) is 5.75 Å². The molecule has 1 unspecified atom stereocenters. The van der Waals surface area contributed by atoms with E-state index in [1.165, 1.54) is 6.07 Å². The second kappa shape index (κ2) is 6.70. The molecule has 0 radical (unpaired) electrons. The van der Waals surface area contributed by atoms with Crippen molar-refractivity contribution in [2.45, 2.75) is 12.5 Å². The zero-order valence-corrected chi connectivity index (χ0v) is 14.0. The smallest absolute Gasteiger partial charge is 0.133 e. The Morgan fingerprint density at radius 1 is 1.20 bits per heavy atom. The minimum Gasteiger partial charge on any atom is -0.496 e. The second-order valence-corrected chi connectivity index (χ2v) is 6.21. The third kappa shape index (κ3) is 3.59. The zero-order chi connectivity index (χ0) is 14.7. The topological polar surface area (TPSA) is 35.2 Å². The average Bonchev–Trinajstić information content (AvgIpc) is 2.41. The van der Waals surface area contributed by atoms with E-state index in [-0.39, 0.29) is 11.9 Å². The molecule has 0 aliphatic heterocycles. The molecule has 2 nitrogen and oxygen atoms in total. The fourth-order valence-electron chi connectivity index (χ4n) is 1.96. The molecule has 0 spiro atoms. The van der Waals surface area contributed by atoms with Gasteiger partial charge in [0.05, 0.1) is 11.6 Å². The van der Waals surface area contributed by atoms with Gasteiger partial charge in [0.1, 0.15) is 11.6 Å². The molecule has 2 aromatic rings. The van der Waals surface area contributed by atoms with Crippen LogP contribution in [0.25, 0.3) is 0 Å². The summed E-state index contributed by atoms with van der Waals surface area (Å²) in [7, 11) is 1.61. The Morgan fingerprint density at radius 2 is 1.95 bits per heavy atom. The number of hydrogen-bond acceptors (Lipinski definition) is 2. The maximum Gasteiger partial charge on any atom is 0.133 e. The van der Waals surface area contributed by atoms with Crippen LogP contribution in [0.15, 0.2) is 45.3 Å². The Morgan fingerprint density at radius 3 is 2.55 bits per heavy atom. The highest BCUT2D eigenvalue weighted by Crippen LogP contribution is 2.29. The maximum atomic E-state index is 13.8. The number of ether oxygens (including phenoxy) is 1. The van der Waals surface area contributed by atoms with Crippen molar-refractivity contribution in [3.05, 3.63) is 62.3 Å². The zero-order valence-electron chi connectivity index (χ0n) is 10.9. The molecule has 0 fully saturated rings. The van der Waals surface area contributed by atoms with Crippen LogP contribution in [0.3, 0.4) is 0 Å². The Kier molecular flexibility index (Phi) is 5.18. The fourth-order valence-corrected chi connectivity index (χ4v) is 2.85. The molecule has 2 aromatic carbocycles. The van der Waals surface area contributed by atoms with E-state index >= 15 is 0 Å². The molecule has 0 saturated carbocycles. The second-order valence-electron chi connectivity index (χ2n) is 4.44. The van der Waals surface area contributed by atoms with E-state index in [0.717, 1.165) is 20.3 Å². The van der Waals surface area contributed by atoms with Gasteiger partial charge in [-0.1, -0.05) is 28.1 Å². The van der Waals surface area contributed by atoms with Crippen LogP contribution >= 0.6 is 31.9 Å². The van der Waals surface area contributed by atoms with Crippen LogP contribution in [-0.2, 0) is 6.42 Å². The maximum absolute atomic E-state index is 13.8. The van der Waals surface area contributed by atoms with Crippen LogP contribution in [0.4, 0.5) is 4.39 Å². The van der Waals surface area contributed by atoms with Gasteiger partial charge in [0.2, 0.25) is 0 Å². The molecule has 1 atom stereocenters. The fraction of sp³-hybridized carbons (Fsp3) is 0.200. The minimum atomic E-state index is -0.270. The van der Waals surface area contributed by atoms with Gasteiger partial charge in [-0.2, -0.15) is 0 Å². The average molecular weight is 403 g/mol. The van der Waals surface area contributed by atoms with Crippen LogP contribution in [0.1, 0.15) is 17.2 Å². The van der Waals surface area contributed by atoms with Gasteiger partial charge in [-0.3, -0.25) is 0 Å². The minimum absolute atomic E-state index is 0.248. The van der Waals surface area contributed by atoms with Crippen molar-refractivity contribution in [2.75, 3.05) is 7.11 Å². The highest BCUT2D eigenvalue weighted by atomic mass is 79.9. The molecule has 0 amide bonds. The first-order chi connectivity index (χ1) is 9.51. The van der Waals surface area contributed by atoms with Crippen molar-refractivity contribution in [1.29, 1.82) is 0 Å². The van der Waals surface area contributed by atoms with Crippen LogP contribution in [0.5, 0.6) is 5.75 Å². The van der Waals surface area contributed by atoms with Crippen molar-refractivity contribution in [2.24, 2.45) is 5.73 Å². The lowest BCUT2D eigenvalue weighted by atomic mass is 9.99. The van der Waals surface area contributed by atoms with E-state index in [1.54, 1.807) is 13.2 Å². The van der Waals surface area contributed by atoms with Crippen molar-refractivity contribution in [1.82, 2.24) is 0 Å². The molecule has 2 rings (SSSR count). The standard InChI is InChI=1S/C15H14Br2FNO/c1-20-15-5-3-10(6-12(15)17)14(19)7-9-2-4-11(16)8-13(9)18/h2-6,8,14H,7,19H2,1H3. The summed E-state index contributed by atoms with van der Waals surface area (Å²) < 4.78 is 20.5. The van der Waals surface area contributed by atoms with Gasteiger partial charge in [-0.25, -0.2) is 4.39 Å². The van der Waals surface area contributed by atoms with Gasteiger partial charge in [-0.15, -0.1) is 0 Å². The lowest BCUT2D eigenvalue weighted by Gasteiger charge is -2.14. The number of rotatable bonds is 4. The van der Waals surface area contributed by atoms with Crippen molar-refractivity contribution in [3.63, 3.8) is 0 Å². The van der Waals surface area contributed by atoms with Crippen LogP contribution < -0.4 is 10.5 Å². The van der Waals surface area contributed by atoms with Gasteiger partial charge >= 0.3 is 0 Å². The molecule has 2 N–H and O–H groups in total. The summed E-state index contributed by atoms with van der Waals surface area (Å²) in [5.74, 6) is 0.498. The SMILES string of the molecule is COc1ccc(C(N)Cc2ccc(Br)cc2F)cc1Br. The highest BCUT2D eigenvalue weighted by molar-refractivity contribution is 9.10. The van der Waals surface area contributed by atoms with Crippen LogP contribution in [0.2, 0.25) is 0 Å². The van der Waals surface area contributed by atoms with Gasteiger partial charge in [0.25, 0.3) is 0 Å². The largest absolute Gasteiger partial charge is 0.496 e. The lowest BCUT2D eigenvalue weighted by Crippen LogP contribution is -2.14. The quantitative estimate of drug-likeness (QED) is 0.810. The van der Waals surface area contributed by atoms with Gasteiger partial charge in [0, 0.05) is 10.5 Å². The predicted octanol–water partition coefficient (Wildman–Crippen LogP) is 4.60. The van der Waals surface area contributed by atoms with Crippen LogP contribution in [-0.4, -0.2) is 7.11 Å². The van der Waals surface area contributed by atoms with E-state index in [2.05, 4.69) is 31.9 Å². The van der Waals surface area contributed by atoms with E-state index in [1.807, 2.05) is 24.3 Å². The molecule has 0 saturated heterocycles. The first-order valence-electron chi connectivity index (χ1n) is 6.04. The number of halogens is 3. The normalized spacial score (nSPS) is 12.2. The third-order valence-electron chi connectivity index (χ3n) is 3.06. The van der Waals surface area contributed by atoms with Gasteiger partial charge in [0.15, 0.2) is 0 Å². The van der Waals surface area contributed by atoms with Crippen molar-refractivity contribution < 1.29 is 9.13 Å². The summed E-state index contributed by atoms with van der Waals surface area (Å²) in [5.41, 5.74) is 7.69. The lowest BCUT2D eigenvalue weighted by molar-refractivity contribution is 0.412. The molecular weight excluding hydrogens is 389 g/mol. The summed E-state index contributed by atoms with van der Waals surface area (Å²) >= 11 is 6.67. The number of benzene rings is 2. The molecule has 0 aliphatic rings. The summed E-state index contributed by atoms with van der Waals surface area (Å²) in [6.45, 7) is 0. The Bertz CT molecular complexity index is 619. The number of methoxy groups -OCH3 is 1. The van der Waals surface area contributed by atoms with E-state index < -0.39 is 0 Å². The molecule has 0 aliphatic carbocycles. The van der Waals surface area contributed by atoms with E-state index in [4.69, 9.17) is 10.5 Å². The Balaban J connectivity index is 2.19. The Labute approximate surface area is 134 Å². The van der Waals surface area contributed by atoms with E-state index in [0.29, 0.717) is 12.0 Å². The molecule has 20 heavy (non-hydrogen) atoms. The number of nitrogens with two attached hydrogens (primary N) is 1. The monoisotopic (exact) mass is 401 g/mol.